The number of nitrogens with zero attached hydrogens (tertiary/aromatic N) is 2. The zero-order valence-electron chi connectivity index (χ0n) is 18.1. The summed E-state index contributed by atoms with van der Waals surface area (Å²) in [6, 6.07) is 7.93. The maximum absolute atomic E-state index is 13.5. The lowest BCUT2D eigenvalue weighted by Gasteiger charge is -2.41. The van der Waals surface area contributed by atoms with Gasteiger partial charge in [-0.15, -0.1) is 13.2 Å². The number of carbonyl (C=O) groups is 2. The number of hydrogen-bond acceptors (Lipinski definition) is 3. The summed E-state index contributed by atoms with van der Waals surface area (Å²) in [5.74, 6) is 1.05. The molecule has 2 heterocycles. The molecule has 0 N–H and O–H groups in total. The summed E-state index contributed by atoms with van der Waals surface area (Å²) < 4.78 is 5.20. The van der Waals surface area contributed by atoms with Gasteiger partial charge in [0, 0.05) is 31.6 Å². The van der Waals surface area contributed by atoms with Crippen LogP contribution >= 0.6 is 0 Å². The molecule has 162 valence electrons. The Bertz CT molecular complexity index is 761. The Kier molecular flexibility index (Phi) is 7.35. The van der Waals surface area contributed by atoms with E-state index in [1.807, 2.05) is 41.3 Å². The molecule has 5 heteroatoms. The molecule has 2 fully saturated rings. The van der Waals surface area contributed by atoms with Gasteiger partial charge in [0.2, 0.25) is 11.8 Å². The second kappa shape index (κ2) is 9.96. The number of piperidine rings is 1. The molecule has 0 spiro atoms. The van der Waals surface area contributed by atoms with Crippen molar-refractivity contribution in [1.82, 2.24) is 9.80 Å². The highest BCUT2D eigenvalue weighted by atomic mass is 16.5. The lowest BCUT2D eigenvalue weighted by Crippen LogP contribution is -2.53. The number of likely N-dealkylation sites (tertiary alicyclic amines) is 2. The van der Waals surface area contributed by atoms with Gasteiger partial charge in [0.15, 0.2) is 0 Å². The number of carbonyl (C=O) groups excluding carboxylic acids is 2. The van der Waals surface area contributed by atoms with Crippen molar-refractivity contribution in [3.8, 4) is 5.75 Å². The van der Waals surface area contributed by atoms with Crippen molar-refractivity contribution >= 4 is 11.8 Å². The standard InChI is InChI=1S/C25H34N2O3/c1-4-14-25(15-5-2)16-6-17-27(25)24(29)21-9-12-23(28)26(19-21)18-13-20-7-10-22(30-3)11-8-20/h4-5,7-8,10-11,21H,1-2,6,9,12-19H2,3H3/t21-/m1/s1. The first-order chi connectivity index (χ1) is 14.5. The summed E-state index contributed by atoms with van der Waals surface area (Å²) >= 11 is 0. The SMILES string of the molecule is C=CCC1(CC=C)CCCN1C(=O)[C@@H]1CCC(=O)N(CCc2ccc(OC)cc2)C1. The van der Waals surface area contributed by atoms with Gasteiger partial charge in [0.25, 0.3) is 0 Å². The van der Waals surface area contributed by atoms with E-state index in [2.05, 4.69) is 18.1 Å². The van der Waals surface area contributed by atoms with E-state index in [-0.39, 0.29) is 23.3 Å². The van der Waals surface area contributed by atoms with Crippen molar-refractivity contribution in [2.24, 2.45) is 5.92 Å². The summed E-state index contributed by atoms with van der Waals surface area (Å²) in [6.07, 6.45) is 9.28. The zero-order valence-corrected chi connectivity index (χ0v) is 18.1. The fourth-order valence-electron chi connectivity index (χ4n) is 4.94. The molecule has 1 aromatic rings. The minimum Gasteiger partial charge on any atom is -0.497 e. The highest BCUT2D eigenvalue weighted by Crippen LogP contribution is 2.38. The van der Waals surface area contributed by atoms with Crippen molar-refractivity contribution < 1.29 is 14.3 Å². The van der Waals surface area contributed by atoms with Crippen LogP contribution in [0, 0.1) is 5.92 Å². The minimum atomic E-state index is -0.185. The molecule has 0 aromatic heterocycles. The second-order valence-corrected chi connectivity index (χ2v) is 8.48. The maximum atomic E-state index is 13.5. The summed E-state index contributed by atoms with van der Waals surface area (Å²) in [5, 5.41) is 0. The van der Waals surface area contributed by atoms with Crippen LogP contribution in [0.3, 0.4) is 0 Å². The van der Waals surface area contributed by atoms with Gasteiger partial charge in [-0.25, -0.2) is 0 Å². The molecule has 2 saturated heterocycles. The average Bonchev–Trinajstić information content (AvgIpc) is 3.16. The number of rotatable bonds is 9. The van der Waals surface area contributed by atoms with Crippen molar-refractivity contribution in [2.45, 2.75) is 50.5 Å². The Morgan fingerprint density at radius 2 is 1.93 bits per heavy atom. The van der Waals surface area contributed by atoms with Gasteiger partial charge in [0.1, 0.15) is 5.75 Å². The van der Waals surface area contributed by atoms with Gasteiger partial charge in [-0.1, -0.05) is 24.3 Å². The molecular weight excluding hydrogens is 376 g/mol. The summed E-state index contributed by atoms with van der Waals surface area (Å²) in [6.45, 7) is 9.76. The van der Waals surface area contributed by atoms with Gasteiger partial charge in [0.05, 0.1) is 13.0 Å². The van der Waals surface area contributed by atoms with Crippen molar-refractivity contribution in [3.63, 3.8) is 0 Å². The molecular formula is C25H34N2O3. The van der Waals surface area contributed by atoms with E-state index in [1.54, 1.807) is 7.11 Å². The lowest BCUT2D eigenvalue weighted by molar-refractivity contribution is -0.145. The van der Waals surface area contributed by atoms with E-state index < -0.39 is 0 Å². The van der Waals surface area contributed by atoms with Crippen LogP contribution in [-0.4, -0.2) is 53.9 Å². The van der Waals surface area contributed by atoms with Crippen molar-refractivity contribution in [3.05, 3.63) is 55.1 Å². The zero-order chi connectivity index (χ0) is 21.6. The van der Waals surface area contributed by atoms with Crippen molar-refractivity contribution in [2.75, 3.05) is 26.7 Å². The first-order valence-electron chi connectivity index (χ1n) is 11.0. The fraction of sp³-hybridized carbons (Fsp3) is 0.520. The molecule has 1 atom stereocenters. The third kappa shape index (κ3) is 4.77. The van der Waals surface area contributed by atoms with Crippen LogP contribution < -0.4 is 4.74 Å². The predicted molar refractivity (Wildman–Crippen MR) is 119 cm³/mol. The Balaban J connectivity index is 1.64. The second-order valence-electron chi connectivity index (χ2n) is 8.48. The van der Waals surface area contributed by atoms with Crippen LogP contribution in [0.2, 0.25) is 0 Å². The summed E-state index contributed by atoms with van der Waals surface area (Å²) in [5.41, 5.74) is 0.975. The molecule has 0 bridgehead atoms. The fourth-order valence-corrected chi connectivity index (χ4v) is 4.94. The Hall–Kier alpha value is -2.56. The lowest BCUT2D eigenvalue weighted by atomic mass is 9.86. The number of methoxy groups -OCH3 is 1. The maximum Gasteiger partial charge on any atom is 0.227 e. The van der Waals surface area contributed by atoms with Gasteiger partial charge < -0.3 is 14.5 Å². The molecule has 1 aromatic carbocycles. The minimum absolute atomic E-state index is 0.120. The van der Waals surface area contributed by atoms with E-state index in [9.17, 15) is 9.59 Å². The monoisotopic (exact) mass is 410 g/mol. The molecule has 0 radical (unpaired) electrons. The largest absolute Gasteiger partial charge is 0.497 e. The molecule has 2 aliphatic heterocycles. The van der Waals surface area contributed by atoms with Crippen LogP contribution in [-0.2, 0) is 16.0 Å². The van der Waals surface area contributed by atoms with Gasteiger partial charge in [-0.2, -0.15) is 0 Å². The Labute approximate surface area is 180 Å². The third-order valence-electron chi connectivity index (χ3n) is 6.59. The third-order valence-corrected chi connectivity index (χ3v) is 6.59. The smallest absolute Gasteiger partial charge is 0.227 e. The average molecular weight is 411 g/mol. The number of ether oxygens (including phenoxy) is 1. The van der Waals surface area contributed by atoms with Crippen molar-refractivity contribution in [1.29, 1.82) is 0 Å². The van der Waals surface area contributed by atoms with E-state index in [0.29, 0.717) is 25.9 Å². The van der Waals surface area contributed by atoms with E-state index in [0.717, 1.165) is 50.0 Å². The molecule has 2 aliphatic rings. The van der Waals surface area contributed by atoms with Gasteiger partial charge in [-0.05, 0) is 56.2 Å². The number of amides is 2. The first-order valence-corrected chi connectivity index (χ1v) is 11.0. The highest BCUT2D eigenvalue weighted by molar-refractivity contribution is 5.84. The quantitative estimate of drug-likeness (QED) is 0.579. The molecule has 2 amide bonds. The van der Waals surface area contributed by atoms with Gasteiger partial charge in [-0.3, -0.25) is 9.59 Å². The van der Waals surface area contributed by atoms with Crippen LogP contribution in [0.15, 0.2) is 49.6 Å². The van der Waals surface area contributed by atoms with Crippen LogP contribution in [0.1, 0.15) is 44.1 Å². The Morgan fingerprint density at radius 1 is 1.23 bits per heavy atom. The molecule has 30 heavy (non-hydrogen) atoms. The van der Waals surface area contributed by atoms with E-state index in [1.165, 1.54) is 0 Å². The summed E-state index contributed by atoms with van der Waals surface area (Å²) in [4.78, 5) is 29.9. The molecule has 0 unspecified atom stereocenters. The van der Waals surface area contributed by atoms with E-state index >= 15 is 0 Å². The first kappa shape index (κ1) is 22.1. The molecule has 0 saturated carbocycles. The Morgan fingerprint density at radius 3 is 2.57 bits per heavy atom. The number of benzene rings is 1. The summed E-state index contributed by atoms with van der Waals surface area (Å²) in [7, 11) is 1.65. The van der Waals surface area contributed by atoms with Crippen LogP contribution in [0.5, 0.6) is 5.75 Å². The van der Waals surface area contributed by atoms with Gasteiger partial charge >= 0.3 is 0 Å². The normalized spacial score (nSPS) is 20.8. The van der Waals surface area contributed by atoms with Crippen LogP contribution in [0.4, 0.5) is 0 Å². The molecule has 5 nitrogen and oxygen atoms in total. The molecule has 0 aliphatic carbocycles. The topological polar surface area (TPSA) is 49.9 Å². The highest BCUT2D eigenvalue weighted by Gasteiger charge is 2.44. The number of hydrogen-bond donors (Lipinski definition) is 0. The predicted octanol–water partition coefficient (Wildman–Crippen LogP) is 3.99. The van der Waals surface area contributed by atoms with E-state index in [4.69, 9.17) is 4.74 Å². The van der Waals surface area contributed by atoms with Crippen LogP contribution in [0.25, 0.3) is 0 Å². The molecule has 3 rings (SSSR count).